The second-order valence-electron chi connectivity index (χ2n) is 3.55. The van der Waals surface area contributed by atoms with E-state index in [0.717, 1.165) is 10.4 Å². The molecule has 1 aromatic rings. The van der Waals surface area contributed by atoms with Gasteiger partial charge in [-0.3, -0.25) is 0 Å². The first-order valence-electron chi connectivity index (χ1n) is 4.28. The lowest BCUT2D eigenvalue weighted by Gasteiger charge is -2.18. The molecule has 0 atom stereocenters. The molecular weight excluding hydrogens is 162 g/mol. The van der Waals surface area contributed by atoms with Gasteiger partial charge in [0, 0.05) is 5.69 Å². The van der Waals surface area contributed by atoms with Gasteiger partial charge in [-0.25, -0.2) is 0 Å². The largest absolute Gasteiger partial charge is 0.409 e. The van der Waals surface area contributed by atoms with Gasteiger partial charge in [-0.15, -0.1) is 0 Å². The predicted molar refractivity (Wildman–Crippen MR) is 59.0 cm³/mol. The number of benzene rings is 1. The van der Waals surface area contributed by atoms with E-state index in [-0.39, 0.29) is 0 Å². The molecule has 0 aliphatic heterocycles. The van der Waals surface area contributed by atoms with Crippen LogP contribution in [-0.4, -0.2) is 17.5 Å². The zero-order valence-electron chi connectivity index (χ0n) is 8.60. The fourth-order valence-electron chi connectivity index (χ4n) is 1.43. The summed E-state index contributed by atoms with van der Waals surface area (Å²) in [6, 6.07) is 4.41. The Labute approximate surface area is 77.9 Å². The van der Waals surface area contributed by atoms with Crippen LogP contribution in [0.2, 0.25) is 0 Å². The molecule has 0 unspecified atom stereocenters. The molecule has 1 rings (SSSR count). The number of anilines is 1. The molecule has 0 radical (unpaired) electrons. The Bertz CT molecular complexity index is 292. The van der Waals surface area contributed by atoms with Crippen molar-refractivity contribution in [2.75, 3.05) is 11.6 Å². The van der Waals surface area contributed by atoms with Crippen molar-refractivity contribution in [3.05, 3.63) is 28.8 Å². The molecule has 0 N–H and O–H groups in total. The second-order valence-corrected chi connectivity index (χ2v) is 4.89. The van der Waals surface area contributed by atoms with Crippen molar-refractivity contribution in [2.24, 2.45) is 0 Å². The molecule has 1 nitrogen and oxygen atoms in total. The van der Waals surface area contributed by atoms with Crippen LogP contribution in [0.5, 0.6) is 0 Å². The highest BCUT2D eigenvalue weighted by Gasteiger charge is 2.03. The number of hydrogen-bond acceptors (Lipinski definition) is 1. The van der Waals surface area contributed by atoms with E-state index in [1.165, 1.54) is 22.4 Å². The monoisotopic (exact) mass is 179 g/mol. The van der Waals surface area contributed by atoms with Crippen molar-refractivity contribution < 1.29 is 0 Å². The maximum Gasteiger partial charge on any atom is 0.107 e. The highest BCUT2D eigenvalue weighted by Crippen LogP contribution is 2.22. The molecule has 0 bridgehead atoms. The summed E-state index contributed by atoms with van der Waals surface area (Å²) in [5.41, 5.74) is 5.62. The lowest BCUT2D eigenvalue weighted by atomic mass is 10.0. The maximum atomic E-state index is 2.29. The van der Waals surface area contributed by atoms with E-state index in [4.69, 9.17) is 0 Å². The first-order chi connectivity index (χ1) is 5.54. The highest BCUT2D eigenvalue weighted by molar-refractivity contribution is 6.17. The van der Waals surface area contributed by atoms with Crippen LogP contribution in [0.1, 0.15) is 16.7 Å². The number of rotatable bonds is 1. The smallest absolute Gasteiger partial charge is 0.107 e. The summed E-state index contributed by atoms with van der Waals surface area (Å²) < 4.78 is 2.29. The van der Waals surface area contributed by atoms with Gasteiger partial charge in [0.05, 0.1) is 0 Å². The minimum atomic E-state index is 1.08. The molecule has 0 fully saturated rings. The number of nitrogens with zero attached hydrogens (tertiary/aromatic N) is 1. The van der Waals surface area contributed by atoms with E-state index < -0.39 is 0 Å². The minimum absolute atomic E-state index is 1.08. The first-order valence-corrected chi connectivity index (χ1v) is 5.17. The molecule has 0 spiro atoms. The van der Waals surface area contributed by atoms with Gasteiger partial charge in [0.15, 0.2) is 0 Å². The van der Waals surface area contributed by atoms with E-state index in [2.05, 4.69) is 44.5 Å². The summed E-state index contributed by atoms with van der Waals surface area (Å²) in [5.74, 6) is 0. The molecule has 66 valence electrons. The van der Waals surface area contributed by atoms with Gasteiger partial charge in [0.2, 0.25) is 0 Å². The van der Waals surface area contributed by atoms with Crippen LogP contribution in [0.3, 0.4) is 0 Å². The third kappa shape index (κ3) is 1.53. The molecule has 1 aromatic carbocycles. The van der Waals surface area contributed by atoms with E-state index >= 15 is 0 Å². The van der Waals surface area contributed by atoms with Gasteiger partial charge in [0.1, 0.15) is 10.4 Å². The second kappa shape index (κ2) is 3.31. The Morgan fingerprint density at radius 3 is 2.17 bits per heavy atom. The van der Waals surface area contributed by atoms with Crippen LogP contribution in [0.15, 0.2) is 12.1 Å². The van der Waals surface area contributed by atoms with E-state index in [9.17, 15) is 0 Å². The third-order valence-electron chi connectivity index (χ3n) is 2.51. The summed E-state index contributed by atoms with van der Waals surface area (Å²) in [4.78, 5) is 0. The molecule has 0 aliphatic carbocycles. The van der Waals surface area contributed by atoms with Gasteiger partial charge in [-0.1, -0.05) is 6.07 Å². The standard InChI is InChI=1S/C10H17NSi/c1-7-5-6-10(11(4)12)9(3)8(7)2/h5-6H,1-4,12H3. The Hall–Kier alpha value is -0.763. The lowest BCUT2D eigenvalue weighted by molar-refractivity contribution is 1.22. The first kappa shape index (κ1) is 9.33. The van der Waals surface area contributed by atoms with Crippen molar-refractivity contribution in [2.45, 2.75) is 20.8 Å². The summed E-state index contributed by atoms with van der Waals surface area (Å²) in [6.07, 6.45) is 0. The average molecular weight is 179 g/mol. The third-order valence-corrected chi connectivity index (χ3v) is 2.99. The zero-order chi connectivity index (χ0) is 9.30. The molecule has 0 saturated carbocycles. The Morgan fingerprint density at radius 1 is 1.08 bits per heavy atom. The van der Waals surface area contributed by atoms with Crippen molar-refractivity contribution in [1.82, 2.24) is 0 Å². The molecular formula is C10H17NSi. The number of aryl methyl sites for hydroxylation is 1. The molecule has 0 amide bonds. The molecule has 12 heavy (non-hydrogen) atoms. The Morgan fingerprint density at radius 2 is 1.67 bits per heavy atom. The molecule has 0 heterocycles. The molecule has 0 saturated heterocycles. The van der Waals surface area contributed by atoms with Gasteiger partial charge in [-0.05, 0) is 50.6 Å². The van der Waals surface area contributed by atoms with Crippen molar-refractivity contribution >= 4 is 16.1 Å². The van der Waals surface area contributed by atoms with Crippen LogP contribution in [-0.2, 0) is 0 Å². The van der Waals surface area contributed by atoms with Gasteiger partial charge < -0.3 is 4.57 Å². The summed E-state index contributed by atoms with van der Waals surface area (Å²) in [7, 11) is 3.23. The van der Waals surface area contributed by atoms with Gasteiger partial charge >= 0.3 is 0 Å². The fourth-order valence-corrected chi connectivity index (χ4v) is 1.91. The van der Waals surface area contributed by atoms with Crippen LogP contribution in [0.25, 0.3) is 0 Å². The molecule has 0 aliphatic rings. The van der Waals surface area contributed by atoms with Gasteiger partial charge in [-0.2, -0.15) is 0 Å². The van der Waals surface area contributed by atoms with Crippen LogP contribution < -0.4 is 4.57 Å². The van der Waals surface area contributed by atoms with Crippen molar-refractivity contribution in [1.29, 1.82) is 0 Å². The summed E-state index contributed by atoms with van der Waals surface area (Å²) in [5, 5.41) is 0. The van der Waals surface area contributed by atoms with Crippen molar-refractivity contribution in [3.63, 3.8) is 0 Å². The van der Waals surface area contributed by atoms with Crippen LogP contribution in [0.4, 0.5) is 5.69 Å². The quantitative estimate of drug-likeness (QED) is 0.588. The van der Waals surface area contributed by atoms with E-state index in [0.29, 0.717) is 0 Å². The zero-order valence-corrected chi connectivity index (χ0v) is 10.6. The summed E-state index contributed by atoms with van der Waals surface area (Å²) >= 11 is 0. The average Bonchev–Trinajstić information content (AvgIpc) is 2.00. The molecule has 0 aromatic heterocycles. The van der Waals surface area contributed by atoms with Crippen LogP contribution >= 0.6 is 0 Å². The highest BCUT2D eigenvalue weighted by atomic mass is 28.2. The van der Waals surface area contributed by atoms with Crippen LogP contribution in [0, 0.1) is 20.8 Å². The van der Waals surface area contributed by atoms with E-state index in [1.807, 2.05) is 0 Å². The topological polar surface area (TPSA) is 3.24 Å². The fraction of sp³-hybridized carbons (Fsp3) is 0.400. The Kier molecular flexibility index (Phi) is 2.57. The lowest BCUT2D eigenvalue weighted by Crippen LogP contribution is -2.13. The maximum absolute atomic E-state index is 2.29. The SMILES string of the molecule is Cc1ccc(N(C)[SiH3])c(C)c1C. The Balaban J connectivity index is 3.27. The van der Waals surface area contributed by atoms with Gasteiger partial charge in [0.25, 0.3) is 0 Å². The van der Waals surface area contributed by atoms with E-state index in [1.54, 1.807) is 0 Å². The predicted octanol–water partition coefficient (Wildman–Crippen LogP) is 1.33. The number of hydrogen-bond donors (Lipinski definition) is 0. The minimum Gasteiger partial charge on any atom is -0.409 e. The summed E-state index contributed by atoms with van der Waals surface area (Å²) in [6.45, 7) is 6.56. The molecule has 2 heteroatoms. The normalized spacial score (nSPS) is 10.3. The van der Waals surface area contributed by atoms with Crippen molar-refractivity contribution in [3.8, 4) is 0 Å².